The molecule has 0 aliphatic carbocycles. The van der Waals surface area contributed by atoms with E-state index in [4.69, 9.17) is 4.74 Å². The number of ether oxygens (including phenoxy) is 1. The first kappa shape index (κ1) is 16.1. The van der Waals surface area contributed by atoms with Gasteiger partial charge in [0.1, 0.15) is 5.82 Å². The van der Waals surface area contributed by atoms with E-state index in [0.29, 0.717) is 17.3 Å². The topological polar surface area (TPSA) is 9.23 Å². The van der Waals surface area contributed by atoms with Gasteiger partial charge in [-0.2, -0.15) is 0 Å². The summed E-state index contributed by atoms with van der Waals surface area (Å²) in [6.07, 6.45) is 0.983. The van der Waals surface area contributed by atoms with Crippen LogP contribution >= 0.6 is 31.9 Å². The number of benzene rings is 1. The third kappa shape index (κ3) is 4.04. The molecule has 0 fully saturated rings. The summed E-state index contributed by atoms with van der Waals surface area (Å²) in [4.78, 5) is 0. The van der Waals surface area contributed by atoms with Crippen LogP contribution in [0.25, 0.3) is 0 Å². The minimum Gasteiger partial charge on any atom is -0.379 e. The maximum atomic E-state index is 14.0. The molecule has 102 valence electrons. The summed E-state index contributed by atoms with van der Waals surface area (Å²) in [5.41, 5.74) is 0.478. The lowest BCUT2D eigenvalue weighted by Gasteiger charge is -2.31. The highest BCUT2D eigenvalue weighted by Crippen LogP contribution is 2.34. The van der Waals surface area contributed by atoms with Crippen LogP contribution in [0.5, 0.6) is 0 Å². The molecule has 1 aromatic carbocycles. The third-order valence-electron chi connectivity index (χ3n) is 2.99. The van der Waals surface area contributed by atoms with Gasteiger partial charge in [0.25, 0.3) is 0 Å². The monoisotopic (exact) mass is 380 g/mol. The summed E-state index contributed by atoms with van der Waals surface area (Å²) in [5.74, 6) is -0.152. The fourth-order valence-corrected chi connectivity index (χ4v) is 3.92. The molecule has 0 atom stereocenters. The zero-order chi connectivity index (χ0) is 13.6. The fourth-order valence-electron chi connectivity index (χ4n) is 1.83. The molecule has 0 saturated carbocycles. The van der Waals surface area contributed by atoms with Crippen LogP contribution in [-0.2, 0) is 10.2 Å². The molecule has 1 aromatic rings. The van der Waals surface area contributed by atoms with Crippen LogP contribution in [0.4, 0.5) is 4.39 Å². The summed E-state index contributed by atoms with van der Waals surface area (Å²) in [6, 6.07) is 6.96. The quantitative estimate of drug-likeness (QED) is 0.623. The first-order chi connectivity index (χ1) is 8.55. The van der Waals surface area contributed by atoms with E-state index in [2.05, 4.69) is 31.9 Å². The van der Waals surface area contributed by atoms with Crippen molar-refractivity contribution in [1.29, 1.82) is 0 Å². The van der Waals surface area contributed by atoms with Gasteiger partial charge >= 0.3 is 0 Å². The molecule has 0 aliphatic heterocycles. The highest BCUT2D eigenvalue weighted by atomic mass is 79.9. The van der Waals surface area contributed by atoms with Crippen molar-refractivity contribution < 1.29 is 9.13 Å². The maximum absolute atomic E-state index is 14.0. The molecule has 0 amide bonds. The highest BCUT2D eigenvalue weighted by Gasteiger charge is 2.32. The van der Waals surface area contributed by atoms with E-state index in [9.17, 15) is 4.39 Å². The number of rotatable bonds is 7. The smallest absolute Gasteiger partial charge is 0.127 e. The van der Waals surface area contributed by atoms with E-state index >= 15 is 0 Å². The summed E-state index contributed by atoms with van der Waals surface area (Å²) in [5, 5.41) is 1.40. The van der Waals surface area contributed by atoms with Crippen molar-refractivity contribution in [3.05, 3.63) is 35.6 Å². The Morgan fingerprint density at radius 3 is 2.33 bits per heavy atom. The number of hydrogen-bond acceptors (Lipinski definition) is 1. The molecule has 0 aliphatic rings. The number of hydrogen-bond donors (Lipinski definition) is 0. The zero-order valence-corrected chi connectivity index (χ0v) is 13.9. The second-order valence-electron chi connectivity index (χ2n) is 4.70. The molecular weight excluding hydrogens is 363 g/mol. The first-order valence-electron chi connectivity index (χ1n) is 6.04. The summed E-state index contributed by atoms with van der Waals surface area (Å²) >= 11 is 7.04. The van der Waals surface area contributed by atoms with Gasteiger partial charge in [0.2, 0.25) is 0 Å². The second kappa shape index (κ2) is 7.61. The average molecular weight is 382 g/mol. The molecule has 18 heavy (non-hydrogen) atoms. The molecule has 0 N–H and O–H groups in total. The minimum absolute atomic E-state index is 0.152. The summed E-state index contributed by atoms with van der Waals surface area (Å²) < 4.78 is 19.6. The summed E-state index contributed by atoms with van der Waals surface area (Å²) in [7, 11) is 0. The van der Waals surface area contributed by atoms with Crippen molar-refractivity contribution in [2.75, 3.05) is 17.3 Å². The van der Waals surface area contributed by atoms with Crippen molar-refractivity contribution in [1.82, 2.24) is 0 Å². The van der Waals surface area contributed by atoms with Crippen molar-refractivity contribution in [2.24, 2.45) is 0 Å². The van der Waals surface area contributed by atoms with Gasteiger partial charge in [0, 0.05) is 22.7 Å². The van der Waals surface area contributed by atoms with Crippen molar-refractivity contribution in [3.63, 3.8) is 0 Å². The van der Waals surface area contributed by atoms with Crippen molar-refractivity contribution in [3.8, 4) is 0 Å². The molecule has 0 bridgehead atoms. The average Bonchev–Trinajstić information content (AvgIpc) is 2.36. The van der Waals surface area contributed by atoms with Crippen LogP contribution < -0.4 is 0 Å². The van der Waals surface area contributed by atoms with E-state index in [-0.39, 0.29) is 17.3 Å². The van der Waals surface area contributed by atoms with Gasteiger partial charge in [-0.05, 0) is 31.9 Å². The van der Waals surface area contributed by atoms with Gasteiger partial charge in [-0.25, -0.2) is 4.39 Å². The second-order valence-corrected chi connectivity index (χ2v) is 5.82. The predicted molar refractivity (Wildman–Crippen MR) is 81.4 cm³/mol. The summed E-state index contributed by atoms with van der Waals surface area (Å²) in [6.45, 7) is 4.64. The van der Waals surface area contributed by atoms with Crippen molar-refractivity contribution in [2.45, 2.75) is 31.8 Å². The van der Waals surface area contributed by atoms with E-state index in [1.807, 2.05) is 26.0 Å². The van der Waals surface area contributed by atoms with Gasteiger partial charge in [0.05, 0.1) is 6.10 Å². The van der Waals surface area contributed by atoms with Crippen LogP contribution in [0, 0.1) is 5.82 Å². The van der Waals surface area contributed by atoms with Crippen LogP contribution in [0.15, 0.2) is 24.3 Å². The van der Waals surface area contributed by atoms with E-state index in [1.165, 1.54) is 6.07 Å². The molecule has 0 aromatic heterocycles. The minimum atomic E-state index is -0.264. The van der Waals surface area contributed by atoms with Gasteiger partial charge in [0.15, 0.2) is 0 Å². The van der Waals surface area contributed by atoms with Gasteiger partial charge in [-0.1, -0.05) is 50.1 Å². The Morgan fingerprint density at radius 2 is 1.83 bits per heavy atom. The Balaban J connectivity index is 2.89. The first-order valence-corrected chi connectivity index (χ1v) is 8.28. The van der Waals surface area contributed by atoms with Gasteiger partial charge < -0.3 is 4.74 Å². The van der Waals surface area contributed by atoms with Gasteiger partial charge in [-0.15, -0.1) is 0 Å². The normalized spacial score (nSPS) is 12.1. The van der Waals surface area contributed by atoms with E-state index in [0.717, 1.165) is 12.0 Å². The Kier molecular flexibility index (Phi) is 6.82. The van der Waals surface area contributed by atoms with E-state index in [1.54, 1.807) is 6.07 Å². The zero-order valence-electron chi connectivity index (χ0n) is 10.8. The fraction of sp³-hybridized carbons (Fsp3) is 0.571. The molecule has 4 heteroatoms. The molecule has 0 saturated heterocycles. The molecule has 1 rings (SSSR count). The Labute approximate surface area is 125 Å². The van der Waals surface area contributed by atoms with Crippen LogP contribution in [0.2, 0.25) is 0 Å². The lowest BCUT2D eigenvalue weighted by molar-refractivity contribution is 0.0679. The highest BCUT2D eigenvalue weighted by molar-refractivity contribution is 9.09. The standard InChI is InChI=1S/C14H19Br2FO/c1-11(2)18-8-7-14(9-15,10-16)12-5-3-4-6-13(12)17/h3-6,11H,7-10H2,1-2H3. The Bertz CT molecular complexity index is 365. The Hall–Kier alpha value is 0.0700. The SMILES string of the molecule is CC(C)OCCC(CBr)(CBr)c1ccccc1F. The lowest BCUT2D eigenvalue weighted by Crippen LogP contribution is -2.33. The number of alkyl halides is 2. The predicted octanol–water partition coefficient (Wildman–Crippen LogP) is 4.67. The van der Waals surface area contributed by atoms with Crippen LogP contribution in [0.3, 0.4) is 0 Å². The largest absolute Gasteiger partial charge is 0.379 e. The molecule has 0 unspecified atom stereocenters. The van der Waals surface area contributed by atoms with Gasteiger partial charge in [-0.3, -0.25) is 0 Å². The molecular formula is C14H19Br2FO. The molecule has 0 radical (unpaired) electrons. The maximum Gasteiger partial charge on any atom is 0.127 e. The molecule has 1 nitrogen and oxygen atoms in total. The Morgan fingerprint density at radius 1 is 1.22 bits per heavy atom. The third-order valence-corrected chi connectivity index (χ3v) is 5.14. The van der Waals surface area contributed by atoms with Crippen LogP contribution in [-0.4, -0.2) is 23.4 Å². The van der Waals surface area contributed by atoms with Crippen LogP contribution in [0.1, 0.15) is 25.8 Å². The van der Waals surface area contributed by atoms with E-state index < -0.39 is 0 Å². The molecule has 0 heterocycles. The van der Waals surface area contributed by atoms with Crippen molar-refractivity contribution >= 4 is 31.9 Å². The number of halogens is 3. The molecule has 0 spiro atoms. The lowest BCUT2D eigenvalue weighted by atomic mass is 9.81.